The number of nitrogens with zero attached hydrogens (tertiary/aromatic N) is 3. The number of oxazole rings is 1. The Hall–Kier alpha value is -5.24. The molecule has 3 aliphatic heterocycles. The third-order valence-corrected chi connectivity index (χ3v) is 9.04. The number of para-hydroxylation sites is 1. The van der Waals surface area contributed by atoms with Crippen molar-refractivity contribution < 1.29 is 37.9 Å². The second-order valence-corrected chi connectivity index (χ2v) is 12.9. The lowest BCUT2D eigenvalue weighted by Gasteiger charge is -2.29. The number of anilines is 1. The van der Waals surface area contributed by atoms with Gasteiger partial charge in [-0.1, -0.05) is 58.0 Å². The van der Waals surface area contributed by atoms with Crippen LogP contribution in [-0.2, 0) is 26.2 Å². The Morgan fingerprint density at radius 1 is 1.10 bits per heavy atom. The Labute approximate surface area is 275 Å². The predicted molar refractivity (Wildman–Crippen MR) is 169 cm³/mol. The third kappa shape index (κ3) is 4.89. The van der Waals surface area contributed by atoms with Crippen LogP contribution in [0.2, 0.25) is 0 Å². The molecule has 3 aliphatic rings. The van der Waals surface area contributed by atoms with Gasteiger partial charge in [0.15, 0.2) is 17.7 Å². The van der Waals surface area contributed by atoms with Crippen LogP contribution < -0.4 is 20.7 Å². The summed E-state index contributed by atoms with van der Waals surface area (Å²) in [5, 5.41) is 23.6. The number of carbonyl (C=O) groups excluding carboxylic acids is 3. The molecule has 48 heavy (non-hydrogen) atoms. The number of fused-ring (bicyclic) bond motifs is 4. The molecule has 0 saturated heterocycles. The molecule has 4 N–H and O–H groups in total. The molecule has 2 unspecified atom stereocenters. The van der Waals surface area contributed by atoms with Crippen molar-refractivity contribution in [2.45, 2.75) is 70.9 Å². The molecule has 2 aromatic heterocycles. The fourth-order valence-electron chi connectivity index (χ4n) is 6.61. The number of carbonyl (C=O) groups is 3. The summed E-state index contributed by atoms with van der Waals surface area (Å²) in [7, 11) is 0. The Kier molecular flexibility index (Phi) is 7.69. The van der Waals surface area contributed by atoms with Crippen molar-refractivity contribution in [3.05, 3.63) is 76.6 Å². The average molecular weight is 657 g/mol. The minimum Gasteiger partial charge on any atom is -0.469 e. The van der Waals surface area contributed by atoms with Gasteiger partial charge in [0.25, 0.3) is 11.7 Å². The van der Waals surface area contributed by atoms with Crippen LogP contribution in [0.3, 0.4) is 0 Å². The summed E-state index contributed by atoms with van der Waals surface area (Å²) in [5.41, 5.74) is 2.15. The normalized spacial score (nSPS) is 22.8. The second-order valence-electron chi connectivity index (χ2n) is 12.9. The molecule has 4 bridgehead atoms. The highest BCUT2D eigenvalue weighted by Gasteiger charge is 2.61. The van der Waals surface area contributed by atoms with Gasteiger partial charge in [0, 0.05) is 17.7 Å². The summed E-state index contributed by atoms with van der Waals surface area (Å²) in [5.74, 6) is -1.80. The Balaban J connectivity index is 1.46. The maximum atomic E-state index is 14.0. The van der Waals surface area contributed by atoms with Crippen LogP contribution in [0.1, 0.15) is 79.6 Å². The van der Waals surface area contributed by atoms with Gasteiger partial charge in [-0.05, 0) is 47.2 Å². The fourth-order valence-corrected chi connectivity index (χ4v) is 6.61. The summed E-state index contributed by atoms with van der Waals surface area (Å²) in [4.78, 5) is 48.7. The van der Waals surface area contributed by atoms with E-state index < -0.39 is 47.6 Å². The summed E-state index contributed by atoms with van der Waals surface area (Å²) in [6.45, 7) is 9.04. The predicted octanol–water partition coefficient (Wildman–Crippen LogP) is 3.25. The van der Waals surface area contributed by atoms with E-state index in [1.807, 2.05) is 56.3 Å². The lowest BCUT2D eigenvalue weighted by atomic mass is 9.72. The SMILES string of the molecule is CCOC(=O)c1noc(-c2nc3oc2C24c5ccccc5NC2Oc2ccc(cc24)C[C@H](NC(=O)[C@@H](O)C(C)C)C(=O)N[C@H]3C(C)C)n1. The number of nitrogens with one attached hydrogen (secondary N) is 3. The van der Waals surface area contributed by atoms with Crippen molar-refractivity contribution in [2.24, 2.45) is 11.8 Å². The van der Waals surface area contributed by atoms with Gasteiger partial charge < -0.3 is 39.5 Å². The van der Waals surface area contributed by atoms with Crippen molar-refractivity contribution in [1.29, 1.82) is 0 Å². The first kappa shape index (κ1) is 31.4. The number of ether oxygens (including phenoxy) is 2. The van der Waals surface area contributed by atoms with E-state index in [1.165, 1.54) is 0 Å². The molecule has 2 aromatic carbocycles. The zero-order valence-electron chi connectivity index (χ0n) is 27.1. The maximum Gasteiger partial charge on any atom is 0.379 e. The van der Waals surface area contributed by atoms with Crippen molar-refractivity contribution >= 4 is 23.5 Å². The molecule has 0 radical (unpaired) electrons. The van der Waals surface area contributed by atoms with Gasteiger partial charge in [-0.15, -0.1) is 0 Å². The molecule has 7 rings (SSSR count). The van der Waals surface area contributed by atoms with Gasteiger partial charge >= 0.3 is 5.97 Å². The highest BCUT2D eigenvalue weighted by atomic mass is 16.5. The number of hydrogen-bond acceptors (Lipinski definition) is 12. The molecule has 4 aromatic rings. The van der Waals surface area contributed by atoms with Crippen molar-refractivity contribution in [2.75, 3.05) is 11.9 Å². The van der Waals surface area contributed by atoms with Crippen LogP contribution in [0.25, 0.3) is 11.6 Å². The fraction of sp³-hybridized carbons (Fsp3) is 0.412. The van der Waals surface area contributed by atoms with Crippen LogP contribution in [0.5, 0.6) is 5.75 Å². The van der Waals surface area contributed by atoms with E-state index in [2.05, 4.69) is 26.1 Å². The first-order valence-electron chi connectivity index (χ1n) is 16.0. The number of hydrogen-bond donors (Lipinski definition) is 4. The number of benzene rings is 2. The van der Waals surface area contributed by atoms with Gasteiger partial charge in [-0.25, -0.2) is 9.78 Å². The van der Waals surface area contributed by atoms with E-state index in [9.17, 15) is 19.5 Å². The number of esters is 1. The van der Waals surface area contributed by atoms with Gasteiger partial charge in [0.1, 0.15) is 29.4 Å². The Morgan fingerprint density at radius 2 is 1.90 bits per heavy atom. The van der Waals surface area contributed by atoms with Crippen LogP contribution in [0.4, 0.5) is 5.69 Å². The molecule has 0 saturated carbocycles. The molecular weight excluding hydrogens is 620 g/mol. The van der Waals surface area contributed by atoms with E-state index in [4.69, 9.17) is 23.4 Å². The average Bonchev–Trinajstić information content (AvgIpc) is 3.83. The minimum atomic E-state index is -1.30. The van der Waals surface area contributed by atoms with E-state index in [1.54, 1.807) is 20.8 Å². The molecule has 250 valence electrons. The van der Waals surface area contributed by atoms with E-state index in [0.29, 0.717) is 11.5 Å². The van der Waals surface area contributed by atoms with Crippen LogP contribution in [0.15, 0.2) is 51.4 Å². The van der Waals surface area contributed by atoms with Crippen LogP contribution >= 0.6 is 0 Å². The third-order valence-electron chi connectivity index (χ3n) is 9.04. The quantitative estimate of drug-likeness (QED) is 0.213. The van der Waals surface area contributed by atoms with Gasteiger partial charge in [0.2, 0.25) is 17.7 Å². The first-order chi connectivity index (χ1) is 23.0. The van der Waals surface area contributed by atoms with E-state index in [0.717, 1.165) is 22.4 Å². The summed E-state index contributed by atoms with van der Waals surface area (Å²) < 4.78 is 24.0. The molecule has 14 heteroatoms. The molecule has 0 aliphatic carbocycles. The zero-order chi connectivity index (χ0) is 33.9. The number of aromatic nitrogens is 3. The number of aliphatic hydroxyl groups excluding tert-OH is 1. The number of rotatable bonds is 7. The minimum absolute atomic E-state index is 0.0818. The second kappa shape index (κ2) is 11.8. The molecule has 2 amide bonds. The summed E-state index contributed by atoms with van der Waals surface area (Å²) in [6.07, 6.45) is -1.86. The lowest BCUT2D eigenvalue weighted by Crippen LogP contribution is -2.52. The highest BCUT2D eigenvalue weighted by Crippen LogP contribution is 2.59. The Bertz CT molecular complexity index is 1920. The van der Waals surface area contributed by atoms with Gasteiger partial charge in [-0.3, -0.25) is 9.59 Å². The lowest BCUT2D eigenvalue weighted by molar-refractivity contribution is -0.135. The molecule has 5 heterocycles. The number of amides is 2. The highest BCUT2D eigenvalue weighted by molar-refractivity contribution is 5.90. The van der Waals surface area contributed by atoms with Gasteiger partial charge in [0.05, 0.1) is 6.61 Å². The molecule has 0 fully saturated rings. The van der Waals surface area contributed by atoms with Crippen molar-refractivity contribution in [3.63, 3.8) is 0 Å². The van der Waals surface area contributed by atoms with Crippen molar-refractivity contribution in [1.82, 2.24) is 25.8 Å². The maximum absolute atomic E-state index is 14.0. The topological polar surface area (TPSA) is 191 Å². The molecule has 5 atom stereocenters. The monoisotopic (exact) mass is 656 g/mol. The summed E-state index contributed by atoms with van der Waals surface area (Å²) >= 11 is 0. The molecule has 14 nitrogen and oxygen atoms in total. The molecule has 1 spiro atoms. The van der Waals surface area contributed by atoms with Crippen LogP contribution in [-0.4, -0.2) is 63.0 Å². The smallest absolute Gasteiger partial charge is 0.379 e. The van der Waals surface area contributed by atoms with Crippen molar-refractivity contribution in [3.8, 4) is 17.3 Å². The standard InChI is InChI=1S/C34H36N6O8/c1-6-45-32(44)27-39-31(48-40-27)24-26-34-18-9-7-8-10-20(18)36-33(34)46-22-12-11-17(13-19(22)34)14-21(35-29(43)25(41)16(4)5)28(42)37-23(15(2)3)30(38-24)47-26/h7-13,15-16,21,23,25,33,36,41H,6,14H2,1-5H3,(H,35,43)(H,37,42)/t21-,23-,25-,33?,34?/m0/s1. The Morgan fingerprint density at radius 3 is 2.65 bits per heavy atom. The largest absolute Gasteiger partial charge is 0.469 e. The first-order valence-corrected chi connectivity index (χ1v) is 16.0. The van der Waals surface area contributed by atoms with Crippen LogP contribution in [0, 0.1) is 11.8 Å². The van der Waals surface area contributed by atoms with Gasteiger partial charge in [-0.2, -0.15) is 4.98 Å². The number of aliphatic hydroxyl groups is 1. The summed E-state index contributed by atoms with van der Waals surface area (Å²) in [6, 6.07) is 11.5. The van der Waals surface area contributed by atoms with E-state index >= 15 is 0 Å². The molecular formula is C34H36N6O8. The zero-order valence-corrected chi connectivity index (χ0v) is 27.1. The van der Waals surface area contributed by atoms with E-state index in [-0.39, 0.29) is 48.2 Å².